The van der Waals surface area contributed by atoms with Gasteiger partial charge in [0.05, 0.1) is 0 Å². The van der Waals surface area contributed by atoms with Gasteiger partial charge in [-0.1, -0.05) is 6.07 Å². The summed E-state index contributed by atoms with van der Waals surface area (Å²) in [5.74, 6) is -0.441. The van der Waals surface area contributed by atoms with E-state index >= 15 is 0 Å². The third kappa shape index (κ3) is 0.808. The minimum Gasteiger partial charge on any atom is -0.276 e. The van der Waals surface area contributed by atoms with Gasteiger partial charge < -0.3 is 0 Å². The lowest BCUT2D eigenvalue weighted by atomic mass is 10.3. The summed E-state index contributed by atoms with van der Waals surface area (Å²) in [4.78, 5) is 3.78. The van der Waals surface area contributed by atoms with Gasteiger partial charge in [-0.25, -0.2) is 4.98 Å². The number of hydrogen-bond acceptors (Lipinski definition) is 1. The second-order valence-electron chi connectivity index (χ2n) is 2.40. The van der Waals surface area contributed by atoms with E-state index in [0.29, 0.717) is 5.65 Å². The molecular formula is C8H6FN2. The fourth-order valence-corrected chi connectivity index (χ4v) is 1.06. The molecule has 0 saturated heterocycles. The molecule has 2 aromatic rings. The van der Waals surface area contributed by atoms with Gasteiger partial charge in [0.2, 0.25) is 5.95 Å². The molecule has 2 nitrogen and oxygen atoms in total. The van der Waals surface area contributed by atoms with Crippen LogP contribution in [0.5, 0.6) is 0 Å². The van der Waals surface area contributed by atoms with Gasteiger partial charge in [-0.05, 0) is 18.6 Å². The maximum atomic E-state index is 12.8. The number of pyridine rings is 1. The molecule has 2 rings (SSSR count). The number of hydrogen-bond donors (Lipinski definition) is 0. The van der Waals surface area contributed by atoms with Crippen molar-refractivity contribution < 1.29 is 4.39 Å². The van der Waals surface area contributed by atoms with Crippen molar-refractivity contribution in [1.82, 2.24) is 9.38 Å². The van der Waals surface area contributed by atoms with Crippen LogP contribution in [0.3, 0.4) is 0 Å². The monoisotopic (exact) mass is 149 g/mol. The fourth-order valence-electron chi connectivity index (χ4n) is 1.06. The second-order valence-corrected chi connectivity index (χ2v) is 2.40. The van der Waals surface area contributed by atoms with Gasteiger partial charge in [0.25, 0.3) is 0 Å². The van der Waals surface area contributed by atoms with E-state index in [4.69, 9.17) is 0 Å². The molecule has 0 atom stereocenters. The Kier molecular flexibility index (Phi) is 1.18. The SMILES string of the molecule is Cc1cccn2c(F)[c]nc12. The van der Waals surface area contributed by atoms with Crippen LogP contribution in [0.1, 0.15) is 5.56 Å². The molecule has 1 radical (unpaired) electrons. The maximum Gasteiger partial charge on any atom is 0.227 e. The highest BCUT2D eigenvalue weighted by atomic mass is 19.1. The van der Waals surface area contributed by atoms with Crippen LogP contribution >= 0.6 is 0 Å². The van der Waals surface area contributed by atoms with Crippen molar-refractivity contribution in [3.63, 3.8) is 0 Å². The summed E-state index contributed by atoms with van der Waals surface area (Å²) in [7, 11) is 0. The van der Waals surface area contributed by atoms with Crippen LogP contribution in [-0.2, 0) is 0 Å². The number of imidazole rings is 1. The molecule has 55 valence electrons. The molecule has 0 aromatic carbocycles. The number of aryl methyl sites for hydroxylation is 1. The summed E-state index contributed by atoms with van der Waals surface area (Å²) in [6.45, 7) is 1.88. The minimum atomic E-state index is -0.441. The van der Waals surface area contributed by atoms with E-state index in [1.165, 1.54) is 4.40 Å². The van der Waals surface area contributed by atoms with Crippen LogP contribution in [0.15, 0.2) is 18.3 Å². The molecule has 2 aromatic heterocycles. The lowest BCUT2D eigenvalue weighted by molar-refractivity contribution is 0.570. The first kappa shape index (κ1) is 6.34. The minimum absolute atomic E-state index is 0.441. The molecule has 0 amide bonds. The summed E-state index contributed by atoms with van der Waals surface area (Å²) >= 11 is 0. The first-order valence-electron chi connectivity index (χ1n) is 3.30. The van der Waals surface area contributed by atoms with Gasteiger partial charge in [-0.15, -0.1) is 0 Å². The third-order valence-electron chi connectivity index (χ3n) is 1.63. The summed E-state index contributed by atoms with van der Waals surface area (Å²) in [6.07, 6.45) is 3.89. The van der Waals surface area contributed by atoms with Gasteiger partial charge in [0, 0.05) is 6.20 Å². The fraction of sp³-hybridized carbons (Fsp3) is 0.125. The summed E-state index contributed by atoms with van der Waals surface area (Å²) in [5.41, 5.74) is 1.58. The summed E-state index contributed by atoms with van der Waals surface area (Å²) < 4.78 is 14.1. The average molecular weight is 149 g/mol. The Labute approximate surface area is 63.3 Å². The van der Waals surface area contributed by atoms with Crippen LogP contribution < -0.4 is 0 Å². The van der Waals surface area contributed by atoms with Crippen molar-refractivity contribution in [2.45, 2.75) is 6.92 Å². The Morgan fingerprint density at radius 1 is 1.64 bits per heavy atom. The normalized spacial score (nSPS) is 10.7. The van der Waals surface area contributed by atoms with E-state index in [9.17, 15) is 4.39 Å². The Morgan fingerprint density at radius 3 is 3.18 bits per heavy atom. The van der Waals surface area contributed by atoms with Crippen LogP contribution in [0.25, 0.3) is 5.65 Å². The van der Waals surface area contributed by atoms with Gasteiger partial charge in [0.1, 0.15) is 11.8 Å². The highest BCUT2D eigenvalue weighted by Gasteiger charge is 2.02. The maximum absolute atomic E-state index is 12.8. The van der Waals surface area contributed by atoms with Crippen molar-refractivity contribution in [3.8, 4) is 0 Å². The molecule has 0 N–H and O–H groups in total. The first-order chi connectivity index (χ1) is 5.29. The zero-order chi connectivity index (χ0) is 7.84. The van der Waals surface area contributed by atoms with Crippen LogP contribution in [-0.4, -0.2) is 9.38 Å². The largest absolute Gasteiger partial charge is 0.276 e. The molecule has 0 fully saturated rings. The van der Waals surface area contributed by atoms with Gasteiger partial charge in [0.15, 0.2) is 0 Å². The van der Waals surface area contributed by atoms with E-state index in [1.807, 2.05) is 13.0 Å². The van der Waals surface area contributed by atoms with E-state index in [-0.39, 0.29) is 0 Å². The molecule has 3 heteroatoms. The van der Waals surface area contributed by atoms with Gasteiger partial charge in [-0.2, -0.15) is 4.39 Å². The lowest BCUT2D eigenvalue weighted by Crippen LogP contribution is -1.88. The number of halogens is 1. The molecule has 0 spiro atoms. The van der Waals surface area contributed by atoms with Crippen molar-refractivity contribution in [1.29, 1.82) is 0 Å². The highest BCUT2D eigenvalue weighted by molar-refractivity contribution is 5.46. The van der Waals surface area contributed by atoms with Crippen LogP contribution in [0.4, 0.5) is 4.39 Å². The Balaban J connectivity index is 2.94. The van der Waals surface area contributed by atoms with Crippen molar-refractivity contribution >= 4 is 5.65 Å². The topological polar surface area (TPSA) is 17.3 Å². The molecular weight excluding hydrogens is 143 g/mol. The number of nitrogens with zero attached hydrogens (tertiary/aromatic N) is 2. The molecule has 11 heavy (non-hydrogen) atoms. The molecule has 0 saturated carbocycles. The molecule has 0 aliphatic heterocycles. The first-order valence-corrected chi connectivity index (χ1v) is 3.30. The van der Waals surface area contributed by atoms with Crippen LogP contribution in [0.2, 0.25) is 0 Å². The molecule has 0 unspecified atom stereocenters. The zero-order valence-corrected chi connectivity index (χ0v) is 6.00. The van der Waals surface area contributed by atoms with Gasteiger partial charge in [-0.3, -0.25) is 4.40 Å². The summed E-state index contributed by atoms with van der Waals surface area (Å²) in [6, 6.07) is 3.66. The number of fused-ring (bicyclic) bond motifs is 1. The van der Waals surface area contributed by atoms with Crippen LogP contribution in [0, 0.1) is 19.1 Å². The molecule has 0 bridgehead atoms. The predicted molar refractivity (Wildman–Crippen MR) is 38.7 cm³/mol. The second kappa shape index (κ2) is 2.05. The average Bonchev–Trinajstić information content (AvgIpc) is 2.35. The van der Waals surface area contributed by atoms with E-state index < -0.39 is 5.95 Å². The molecule has 0 aliphatic carbocycles. The van der Waals surface area contributed by atoms with E-state index in [2.05, 4.69) is 11.2 Å². The van der Waals surface area contributed by atoms with E-state index in [0.717, 1.165) is 5.56 Å². The smallest absolute Gasteiger partial charge is 0.227 e. The van der Waals surface area contributed by atoms with Crippen molar-refractivity contribution in [2.75, 3.05) is 0 Å². The Hall–Kier alpha value is -1.38. The highest BCUT2D eigenvalue weighted by Crippen LogP contribution is 2.08. The van der Waals surface area contributed by atoms with Gasteiger partial charge >= 0.3 is 0 Å². The third-order valence-corrected chi connectivity index (χ3v) is 1.63. The number of rotatable bonds is 0. The quantitative estimate of drug-likeness (QED) is 0.556. The number of aromatic nitrogens is 2. The standard InChI is InChI=1S/C8H6FN2/c1-6-3-2-4-11-7(9)5-10-8(6)11/h2-4H,1H3. The van der Waals surface area contributed by atoms with Crippen molar-refractivity contribution in [2.24, 2.45) is 0 Å². The van der Waals surface area contributed by atoms with Crippen molar-refractivity contribution in [3.05, 3.63) is 36.0 Å². The predicted octanol–water partition coefficient (Wildman–Crippen LogP) is 1.58. The zero-order valence-electron chi connectivity index (χ0n) is 6.00. The van der Waals surface area contributed by atoms with E-state index in [1.54, 1.807) is 12.3 Å². The molecule has 0 aliphatic rings. The Bertz CT molecular complexity index is 392. The molecule has 2 heterocycles. The Morgan fingerprint density at radius 2 is 2.45 bits per heavy atom. The lowest BCUT2D eigenvalue weighted by Gasteiger charge is -1.95. The summed E-state index contributed by atoms with van der Waals surface area (Å²) in [5, 5.41) is 0.